The molecule has 2 aromatic rings. The van der Waals surface area contributed by atoms with Gasteiger partial charge in [-0.25, -0.2) is 5.43 Å². The van der Waals surface area contributed by atoms with Crippen LogP contribution in [0.3, 0.4) is 0 Å². The zero-order valence-corrected chi connectivity index (χ0v) is 16.9. The van der Waals surface area contributed by atoms with Gasteiger partial charge in [0.15, 0.2) is 5.69 Å². The molecule has 1 aromatic heterocycles. The minimum atomic E-state index is -0.426. The minimum Gasteiger partial charge on any atom is -0.378 e. The van der Waals surface area contributed by atoms with E-state index in [1.807, 2.05) is 0 Å². The van der Waals surface area contributed by atoms with E-state index in [1.54, 1.807) is 29.2 Å². The smallest absolute Gasteiger partial charge is 0.294 e. The summed E-state index contributed by atoms with van der Waals surface area (Å²) in [6, 6.07) is 6.90. The van der Waals surface area contributed by atoms with E-state index in [9.17, 15) is 14.4 Å². The van der Waals surface area contributed by atoms with Gasteiger partial charge in [0.05, 0.1) is 18.6 Å². The topological polar surface area (TPSA) is 93.5 Å². The highest BCUT2D eigenvalue weighted by molar-refractivity contribution is 6.05. The van der Waals surface area contributed by atoms with E-state index < -0.39 is 5.56 Å². The van der Waals surface area contributed by atoms with Crippen molar-refractivity contribution in [1.29, 1.82) is 0 Å². The van der Waals surface area contributed by atoms with E-state index in [0.29, 0.717) is 55.3 Å². The van der Waals surface area contributed by atoms with Crippen LogP contribution in [0.15, 0.2) is 29.1 Å². The van der Waals surface area contributed by atoms with Gasteiger partial charge in [-0.2, -0.15) is 0 Å². The van der Waals surface area contributed by atoms with Gasteiger partial charge in [-0.05, 0) is 43.1 Å². The molecule has 2 aliphatic carbocycles. The van der Waals surface area contributed by atoms with Crippen molar-refractivity contribution in [2.75, 3.05) is 31.7 Å². The first-order chi connectivity index (χ1) is 14.6. The molecule has 2 heterocycles. The number of carbonyl (C=O) groups is 2. The van der Waals surface area contributed by atoms with Crippen molar-refractivity contribution in [3.8, 4) is 0 Å². The van der Waals surface area contributed by atoms with E-state index in [4.69, 9.17) is 4.74 Å². The Labute approximate surface area is 174 Å². The normalized spacial score (nSPS) is 25.6. The van der Waals surface area contributed by atoms with Gasteiger partial charge in [-0.1, -0.05) is 24.6 Å². The Bertz CT molecular complexity index is 1040. The van der Waals surface area contributed by atoms with Crippen molar-refractivity contribution < 1.29 is 14.3 Å². The van der Waals surface area contributed by atoms with Gasteiger partial charge in [-0.15, -0.1) is 9.89 Å². The lowest BCUT2D eigenvalue weighted by Gasteiger charge is -2.27. The Kier molecular flexibility index (Phi) is 5.02. The number of morpholine rings is 1. The molecule has 0 spiro atoms. The van der Waals surface area contributed by atoms with Crippen LogP contribution in [0.2, 0.25) is 0 Å². The van der Waals surface area contributed by atoms with Gasteiger partial charge in [-0.3, -0.25) is 14.4 Å². The number of benzene rings is 1. The van der Waals surface area contributed by atoms with Gasteiger partial charge in [0.1, 0.15) is 0 Å². The maximum Gasteiger partial charge on any atom is 0.294 e. The molecule has 3 aliphatic rings. The Hall–Kier alpha value is -2.74. The third-order valence-corrected chi connectivity index (χ3v) is 6.87. The maximum absolute atomic E-state index is 13.1. The monoisotopic (exact) mass is 410 g/mol. The molecule has 1 aliphatic heterocycles. The van der Waals surface area contributed by atoms with Gasteiger partial charge in [0.2, 0.25) is 5.91 Å². The SMILES string of the molecule is O=C(CC1CC2CCC1C2)Nn1nc(C(=O)N2CCOCC2)c2ccccc2c1=O. The lowest BCUT2D eigenvalue weighted by Crippen LogP contribution is -2.43. The van der Waals surface area contributed by atoms with E-state index in [2.05, 4.69) is 10.5 Å². The Morgan fingerprint density at radius 2 is 1.87 bits per heavy atom. The molecule has 158 valence electrons. The van der Waals surface area contributed by atoms with Crippen LogP contribution in [0.1, 0.15) is 42.6 Å². The number of rotatable bonds is 4. The summed E-state index contributed by atoms with van der Waals surface area (Å²) in [5, 5.41) is 5.14. The number of hydrogen-bond acceptors (Lipinski definition) is 5. The van der Waals surface area contributed by atoms with E-state index >= 15 is 0 Å². The van der Waals surface area contributed by atoms with E-state index in [0.717, 1.165) is 17.1 Å². The summed E-state index contributed by atoms with van der Waals surface area (Å²) in [6.07, 6.45) is 5.20. The third-order valence-electron chi connectivity index (χ3n) is 6.87. The second-order valence-corrected chi connectivity index (χ2v) is 8.69. The van der Waals surface area contributed by atoms with Crippen LogP contribution in [-0.2, 0) is 9.53 Å². The molecule has 2 amide bonds. The van der Waals surface area contributed by atoms with Crippen LogP contribution in [-0.4, -0.2) is 52.9 Å². The van der Waals surface area contributed by atoms with Gasteiger partial charge < -0.3 is 9.64 Å². The number of fused-ring (bicyclic) bond motifs is 3. The molecule has 1 aromatic carbocycles. The first-order valence-electron chi connectivity index (χ1n) is 10.8. The van der Waals surface area contributed by atoms with Crippen LogP contribution < -0.4 is 11.0 Å². The molecule has 1 N–H and O–H groups in total. The number of ether oxygens (including phenoxy) is 1. The fraction of sp³-hybridized carbons (Fsp3) is 0.545. The molecular weight excluding hydrogens is 384 g/mol. The predicted molar refractivity (Wildman–Crippen MR) is 111 cm³/mol. The fourth-order valence-corrected chi connectivity index (χ4v) is 5.37. The Morgan fingerprint density at radius 1 is 1.10 bits per heavy atom. The van der Waals surface area contributed by atoms with Gasteiger partial charge in [0.25, 0.3) is 11.5 Å². The average Bonchev–Trinajstić information content (AvgIpc) is 3.39. The van der Waals surface area contributed by atoms with Crippen molar-refractivity contribution in [2.24, 2.45) is 17.8 Å². The summed E-state index contributed by atoms with van der Waals surface area (Å²) in [6.45, 7) is 1.91. The molecule has 0 radical (unpaired) electrons. The maximum atomic E-state index is 13.1. The standard InChI is InChI=1S/C22H26N4O4/c27-19(13-16-12-14-5-6-15(16)11-14)23-26-21(28)18-4-2-1-3-17(18)20(24-26)22(29)25-7-9-30-10-8-25/h1-4,14-16H,5-13H2,(H,23,27). The Balaban J connectivity index is 1.43. The van der Waals surface area contributed by atoms with Gasteiger partial charge in [0, 0.05) is 24.9 Å². The number of carbonyl (C=O) groups excluding carboxylic acids is 2. The van der Waals surface area contributed by atoms with Crippen molar-refractivity contribution in [2.45, 2.75) is 32.1 Å². The third kappa shape index (κ3) is 3.49. The molecule has 2 bridgehead atoms. The summed E-state index contributed by atoms with van der Waals surface area (Å²) >= 11 is 0. The fourth-order valence-electron chi connectivity index (χ4n) is 5.37. The van der Waals surface area contributed by atoms with Gasteiger partial charge >= 0.3 is 0 Å². The second-order valence-electron chi connectivity index (χ2n) is 8.69. The number of hydrogen-bond donors (Lipinski definition) is 1. The lowest BCUT2D eigenvalue weighted by atomic mass is 9.86. The summed E-state index contributed by atoms with van der Waals surface area (Å²) in [7, 11) is 0. The van der Waals surface area contributed by atoms with Crippen molar-refractivity contribution >= 4 is 22.6 Å². The lowest BCUT2D eigenvalue weighted by molar-refractivity contribution is -0.118. The second kappa shape index (κ2) is 7.83. The Morgan fingerprint density at radius 3 is 2.57 bits per heavy atom. The van der Waals surface area contributed by atoms with Crippen LogP contribution in [0.5, 0.6) is 0 Å². The molecule has 5 rings (SSSR count). The number of nitrogens with zero attached hydrogens (tertiary/aromatic N) is 3. The molecule has 8 heteroatoms. The first-order valence-corrected chi connectivity index (χ1v) is 10.8. The van der Waals surface area contributed by atoms with Crippen LogP contribution in [0.25, 0.3) is 10.8 Å². The molecule has 3 atom stereocenters. The molecule has 3 unspecified atom stereocenters. The summed E-state index contributed by atoms with van der Waals surface area (Å²) in [5.74, 6) is 1.29. The van der Waals surface area contributed by atoms with Crippen LogP contribution in [0.4, 0.5) is 0 Å². The molecular formula is C22H26N4O4. The number of aromatic nitrogens is 2. The molecule has 30 heavy (non-hydrogen) atoms. The average molecular weight is 410 g/mol. The molecule has 8 nitrogen and oxygen atoms in total. The van der Waals surface area contributed by atoms with Crippen LogP contribution >= 0.6 is 0 Å². The van der Waals surface area contributed by atoms with Crippen molar-refractivity contribution in [3.63, 3.8) is 0 Å². The van der Waals surface area contributed by atoms with Crippen molar-refractivity contribution in [1.82, 2.24) is 14.8 Å². The number of amides is 2. The predicted octanol–water partition coefficient (Wildman–Crippen LogP) is 1.77. The highest BCUT2D eigenvalue weighted by Gasteiger charge is 2.40. The highest BCUT2D eigenvalue weighted by Crippen LogP contribution is 2.49. The highest BCUT2D eigenvalue weighted by atomic mass is 16.5. The summed E-state index contributed by atoms with van der Waals surface area (Å²) in [5.41, 5.74) is 2.39. The number of nitrogens with one attached hydrogen (secondary N) is 1. The zero-order valence-electron chi connectivity index (χ0n) is 16.9. The quantitative estimate of drug-likeness (QED) is 0.829. The van der Waals surface area contributed by atoms with Crippen LogP contribution in [0, 0.1) is 17.8 Å². The molecule has 3 fully saturated rings. The first kappa shape index (κ1) is 19.2. The molecule has 1 saturated heterocycles. The van der Waals surface area contributed by atoms with Crippen molar-refractivity contribution in [3.05, 3.63) is 40.3 Å². The molecule has 2 saturated carbocycles. The van der Waals surface area contributed by atoms with E-state index in [1.165, 1.54) is 19.3 Å². The largest absolute Gasteiger partial charge is 0.378 e. The van der Waals surface area contributed by atoms with E-state index in [-0.39, 0.29) is 17.5 Å². The summed E-state index contributed by atoms with van der Waals surface area (Å²) in [4.78, 5) is 41.3. The zero-order chi connectivity index (χ0) is 20.7. The minimum absolute atomic E-state index is 0.173. The summed E-state index contributed by atoms with van der Waals surface area (Å²) < 4.78 is 5.33.